The number of halogens is 2. The van der Waals surface area contributed by atoms with Gasteiger partial charge in [-0.1, -0.05) is 109 Å². The maximum atomic E-state index is 6.38. The molecule has 0 fully saturated rings. The molecule has 6 aromatic rings. The summed E-state index contributed by atoms with van der Waals surface area (Å²) in [6.07, 6.45) is 0. The summed E-state index contributed by atoms with van der Waals surface area (Å²) in [7, 11) is -4.99. The molecule has 0 saturated carbocycles. The van der Waals surface area contributed by atoms with Gasteiger partial charge in [0.1, 0.15) is 0 Å². The molecule has 0 aromatic heterocycles. The minimum absolute atomic E-state index is 0. The van der Waals surface area contributed by atoms with Crippen LogP contribution in [0.1, 0.15) is 0 Å². The summed E-state index contributed by atoms with van der Waals surface area (Å²) in [6, 6.07) is 65.7. The number of hydrogen-bond acceptors (Lipinski definition) is 0. The van der Waals surface area contributed by atoms with E-state index >= 15 is 0 Å². The molecule has 0 aliphatic carbocycles. The van der Waals surface area contributed by atoms with E-state index < -0.39 is 14.1 Å². The van der Waals surface area contributed by atoms with Gasteiger partial charge in [0.2, 0.25) is 0 Å². The van der Waals surface area contributed by atoms with Crippen molar-refractivity contribution in [2.75, 3.05) is 0 Å². The molecular formula is C36H32F2NP2+. The summed E-state index contributed by atoms with van der Waals surface area (Å²) >= 11 is 0. The highest BCUT2D eigenvalue weighted by atomic mass is 31.2. The molecule has 6 aromatic carbocycles. The van der Waals surface area contributed by atoms with E-state index in [9.17, 15) is 0 Å². The zero-order chi connectivity index (χ0) is 26.4. The van der Waals surface area contributed by atoms with Gasteiger partial charge in [-0.25, -0.2) is 0 Å². The smallest absolute Gasteiger partial charge is 0.269 e. The van der Waals surface area contributed by atoms with Crippen LogP contribution in [0.2, 0.25) is 0 Å². The zero-order valence-electron chi connectivity index (χ0n) is 22.5. The van der Waals surface area contributed by atoms with E-state index in [1.165, 1.54) is 31.8 Å². The number of benzene rings is 6. The molecule has 0 heterocycles. The maximum Gasteiger partial charge on any atom is 0.301 e. The van der Waals surface area contributed by atoms with Crippen LogP contribution in [0.25, 0.3) is 0 Å². The van der Waals surface area contributed by atoms with Gasteiger partial charge in [-0.05, 0) is 72.8 Å². The van der Waals surface area contributed by atoms with Gasteiger partial charge in [-0.15, -0.1) is 4.17 Å². The number of hydrogen-bond donors (Lipinski definition) is 0. The van der Waals surface area contributed by atoms with Crippen LogP contribution in [0, 0.1) is 0 Å². The van der Waals surface area contributed by atoms with Crippen LogP contribution in [-0.2, 0) is 0 Å². The van der Waals surface area contributed by atoms with Crippen molar-refractivity contribution in [2.45, 2.75) is 0 Å². The second-order valence-electron chi connectivity index (χ2n) is 9.37. The summed E-state index contributed by atoms with van der Waals surface area (Å²) < 4.78 is 6.38. The first kappa shape index (κ1) is 29.7. The van der Waals surface area contributed by atoms with Crippen LogP contribution in [0.5, 0.6) is 0 Å². The van der Waals surface area contributed by atoms with Crippen molar-refractivity contribution in [3.8, 4) is 0 Å². The minimum Gasteiger partial charge on any atom is -0.269 e. The van der Waals surface area contributed by atoms with Gasteiger partial charge in [-0.3, -0.25) is 9.41 Å². The normalized spacial score (nSPS) is 10.9. The van der Waals surface area contributed by atoms with Gasteiger partial charge < -0.3 is 0 Å². The fourth-order valence-electron chi connectivity index (χ4n) is 5.27. The Morgan fingerprint density at radius 1 is 0.244 bits per heavy atom. The topological polar surface area (TPSA) is 14.1 Å². The third-order valence-electron chi connectivity index (χ3n) is 7.05. The predicted octanol–water partition coefficient (Wildman–Crippen LogP) is 6.71. The molecule has 41 heavy (non-hydrogen) atoms. The summed E-state index contributed by atoms with van der Waals surface area (Å²) in [5.41, 5.74) is 0. The van der Waals surface area contributed by atoms with E-state index in [2.05, 4.69) is 182 Å². The molecule has 0 amide bonds. The quantitative estimate of drug-likeness (QED) is 0.154. The fraction of sp³-hybridized carbons (Fsp3) is 0. The monoisotopic (exact) mass is 578 g/mol. The molecule has 204 valence electrons. The Morgan fingerprint density at radius 2 is 0.390 bits per heavy atom. The Kier molecular flexibility index (Phi) is 9.72. The van der Waals surface area contributed by atoms with Crippen LogP contribution >= 0.6 is 14.1 Å². The van der Waals surface area contributed by atoms with Crippen molar-refractivity contribution in [1.29, 1.82) is 0 Å². The third-order valence-corrected chi connectivity index (χ3v) is 15.5. The molecule has 0 saturated heterocycles. The molecule has 0 bridgehead atoms. The van der Waals surface area contributed by atoms with Crippen molar-refractivity contribution >= 4 is 45.9 Å². The Hall–Kier alpha value is -4.25. The number of nitrogens with zero attached hydrogens (tertiary/aromatic N) is 1. The lowest BCUT2D eigenvalue weighted by Gasteiger charge is -2.20. The highest BCUT2D eigenvalue weighted by molar-refractivity contribution is 7.93. The molecule has 0 unspecified atom stereocenters. The first-order valence-corrected chi connectivity index (χ1v) is 16.7. The Bertz CT molecular complexity index is 1430. The molecule has 0 atom stereocenters. The Morgan fingerprint density at radius 3 is 0.537 bits per heavy atom. The van der Waals surface area contributed by atoms with Crippen LogP contribution in [0.15, 0.2) is 182 Å². The van der Waals surface area contributed by atoms with Gasteiger partial charge in [0.25, 0.3) is 0 Å². The van der Waals surface area contributed by atoms with Crippen LogP contribution < -0.4 is 36.0 Å². The first-order chi connectivity index (χ1) is 19.3. The van der Waals surface area contributed by atoms with Gasteiger partial charge in [0, 0.05) is 0 Å². The average molecular weight is 579 g/mol. The molecule has 0 aliphatic heterocycles. The van der Waals surface area contributed by atoms with E-state index in [4.69, 9.17) is 4.17 Å². The summed E-state index contributed by atoms with van der Waals surface area (Å²) in [6.45, 7) is 0. The predicted molar refractivity (Wildman–Crippen MR) is 177 cm³/mol. The lowest BCUT2D eigenvalue weighted by molar-refractivity contribution is 1.11. The van der Waals surface area contributed by atoms with E-state index in [0.29, 0.717) is 0 Å². The van der Waals surface area contributed by atoms with Gasteiger partial charge in [-0.2, -0.15) is 0 Å². The van der Waals surface area contributed by atoms with E-state index in [1.54, 1.807) is 0 Å². The lowest BCUT2D eigenvalue weighted by Crippen LogP contribution is -2.31. The maximum absolute atomic E-state index is 6.38. The van der Waals surface area contributed by atoms with Crippen LogP contribution in [0.4, 0.5) is 9.41 Å². The molecule has 0 spiro atoms. The SMILES string of the molecule is F.F.c1ccc(P(=[N+]=P(c2ccccc2)(c2ccccc2)c2ccccc2)(c2ccccc2)c2ccccc2)cc1. The highest BCUT2D eigenvalue weighted by Gasteiger charge is 2.44. The van der Waals surface area contributed by atoms with E-state index in [-0.39, 0.29) is 9.41 Å². The average Bonchev–Trinajstić information content (AvgIpc) is 3.04. The summed E-state index contributed by atoms with van der Waals surface area (Å²) in [5.74, 6) is 0. The zero-order valence-corrected chi connectivity index (χ0v) is 24.3. The Balaban J connectivity index is 0.00000194. The molecule has 0 aliphatic rings. The van der Waals surface area contributed by atoms with Crippen LogP contribution in [0.3, 0.4) is 0 Å². The van der Waals surface area contributed by atoms with Crippen molar-refractivity contribution in [3.05, 3.63) is 182 Å². The summed E-state index contributed by atoms with van der Waals surface area (Å²) in [5, 5.41) is 7.55. The lowest BCUT2D eigenvalue weighted by atomic mass is 10.4. The molecule has 6 rings (SSSR count). The molecular weight excluding hydrogens is 546 g/mol. The van der Waals surface area contributed by atoms with Gasteiger partial charge in [0.05, 0.1) is 31.8 Å². The second kappa shape index (κ2) is 13.4. The van der Waals surface area contributed by atoms with Crippen molar-refractivity contribution in [3.63, 3.8) is 0 Å². The second-order valence-corrected chi connectivity index (χ2v) is 15.7. The largest absolute Gasteiger partial charge is 0.301 e. The fourth-order valence-corrected chi connectivity index (χ4v) is 14.8. The Labute approximate surface area is 241 Å². The molecule has 0 radical (unpaired) electrons. The van der Waals surface area contributed by atoms with Crippen molar-refractivity contribution < 1.29 is 9.41 Å². The van der Waals surface area contributed by atoms with Gasteiger partial charge >= 0.3 is 14.1 Å². The van der Waals surface area contributed by atoms with Crippen LogP contribution in [-0.4, -0.2) is 0 Å². The van der Waals surface area contributed by atoms with E-state index in [0.717, 1.165) is 0 Å². The highest BCUT2D eigenvalue weighted by Crippen LogP contribution is 2.50. The van der Waals surface area contributed by atoms with E-state index in [1.807, 2.05) is 0 Å². The summed E-state index contributed by atoms with van der Waals surface area (Å²) in [4.78, 5) is 0. The van der Waals surface area contributed by atoms with Gasteiger partial charge in [0.15, 0.2) is 0 Å². The first-order valence-electron chi connectivity index (χ1n) is 13.2. The molecule has 1 nitrogen and oxygen atoms in total. The standard InChI is InChI=1S/C36H30NP2.2FH/c1-7-19-31(20-8-1)38(32-21-9-2-10-22-32,33-23-11-3-12-24-33)37-39(34-25-13-4-14-26-34,35-27-15-5-16-28-35)36-29-17-6-18-30-36;;/h1-30H;2*1H/q+1;;. The number of rotatable bonds is 6. The molecule has 0 N–H and O–H groups in total. The van der Waals surface area contributed by atoms with Crippen molar-refractivity contribution in [2.24, 2.45) is 0 Å². The van der Waals surface area contributed by atoms with Crippen molar-refractivity contribution in [1.82, 2.24) is 4.17 Å². The minimum atomic E-state index is -2.50. The third kappa shape index (κ3) is 5.54. The molecule has 5 heteroatoms.